The van der Waals surface area contributed by atoms with E-state index < -0.39 is 0 Å². The Morgan fingerprint density at radius 3 is 2.35 bits per heavy atom. The van der Waals surface area contributed by atoms with Gasteiger partial charge in [0.15, 0.2) is 6.61 Å². The molecule has 0 aliphatic rings. The summed E-state index contributed by atoms with van der Waals surface area (Å²) in [4.78, 5) is 11.8. The number of nitriles is 1. The number of nitrogens with one attached hydrogen (secondary N) is 1. The van der Waals surface area contributed by atoms with Crippen molar-refractivity contribution in [1.29, 1.82) is 5.26 Å². The third-order valence-electron chi connectivity index (χ3n) is 3.30. The summed E-state index contributed by atoms with van der Waals surface area (Å²) in [5.74, 6) is 0.536. The zero-order chi connectivity index (χ0) is 15.3. The number of amides is 1. The number of hydrogen-bond donors (Lipinski definition) is 1. The first-order chi connectivity index (χ1) is 9.29. The van der Waals surface area contributed by atoms with E-state index in [0.717, 1.165) is 17.5 Å². The number of hydrogen-bond acceptors (Lipinski definition) is 3. The quantitative estimate of drug-likeness (QED) is 0.898. The van der Waals surface area contributed by atoms with Crippen LogP contribution < -0.4 is 10.1 Å². The minimum absolute atomic E-state index is 0.0169. The van der Waals surface area contributed by atoms with Crippen LogP contribution in [0.2, 0.25) is 0 Å². The van der Waals surface area contributed by atoms with Gasteiger partial charge in [0.25, 0.3) is 5.91 Å². The van der Waals surface area contributed by atoms with Gasteiger partial charge in [0.05, 0.1) is 11.6 Å². The highest BCUT2D eigenvalue weighted by atomic mass is 16.5. The topological polar surface area (TPSA) is 62.1 Å². The number of benzene rings is 1. The van der Waals surface area contributed by atoms with Gasteiger partial charge < -0.3 is 10.1 Å². The number of carbonyl (C=O) groups is 1. The molecule has 1 aromatic carbocycles. The maximum atomic E-state index is 11.8. The molecule has 20 heavy (non-hydrogen) atoms. The second kappa shape index (κ2) is 6.42. The Hall–Kier alpha value is -2.02. The predicted octanol–water partition coefficient (Wildman–Crippen LogP) is 2.86. The first kappa shape index (κ1) is 16.0. The molecule has 1 N–H and O–H groups in total. The van der Waals surface area contributed by atoms with Crippen LogP contribution in [-0.2, 0) is 4.79 Å². The highest BCUT2D eigenvalue weighted by Gasteiger charge is 2.18. The molecule has 0 atom stereocenters. The van der Waals surface area contributed by atoms with E-state index >= 15 is 0 Å². The molecule has 108 valence electrons. The Bertz CT molecular complexity index is 519. The summed E-state index contributed by atoms with van der Waals surface area (Å²) in [7, 11) is 0. The van der Waals surface area contributed by atoms with Crippen LogP contribution in [0.4, 0.5) is 0 Å². The fourth-order valence-electron chi connectivity index (χ4n) is 1.88. The molecule has 0 unspecified atom stereocenters. The summed E-state index contributed by atoms with van der Waals surface area (Å²) in [5.41, 5.74) is 2.10. The third kappa shape index (κ3) is 4.27. The molecule has 0 saturated carbocycles. The number of carbonyl (C=O) groups excluding carboxylic acids is 1. The Labute approximate surface area is 120 Å². The van der Waals surface area contributed by atoms with Gasteiger partial charge in [0.2, 0.25) is 0 Å². The Morgan fingerprint density at radius 2 is 1.90 bits per heavy atom. The number of nitrogens with zero attached hydrogens (tertiary/aromatic N) is 1. The average Bonchev–Trinajstić information content (AvgIpc) is 2.36. The summed E-state index contributed by atoms with van der Waals surface area (Å²) in [6.07, 6.45) is 0.855. The first-order valence-corrected chi connectivity index (χ1v) is 6.74. The van der Waals surface area contributed by atoms with Crippen LogP contribution in [0, 0.1) is 25.2 Å². The lowest BCUT2D eigenvalue weighted by atomic mass is 10.0. The molecule has 0 aliphatic heterocycles. The van der Waals surface area contributed by atoms with Crippen LogP contribution in [0.5, 0.6) is 5.75 Å². The molecule has 0 bridgehead atoms. The molecular weight excluding hydrogens is 252 g/mol. The van der Waals surface area contributed by atoms with Crippen molar-refractivity contribution in [3.63, 3.8) is 0 Å². The van der Waals surface area contributed by atoms with Gasteiger partial charge in [0, 0.05) is 5.54 Å². The van der Waals surface area contributed by atoms with Crippen LogP contribution in [-0.4, -0.2) is 18.1 Å². The predicted molar refractivity (Wildman–Crippen MR) is 78.6 cm³/mol. The normalized spacial score (nSPS) is 10.8. The van der Waals surface area contributed by atoms with Crippen molar-refractivity contribution in [2.24, 2.45) is 0 Å². The van der Waals surface area contributed by atoms with Crippen molar-refractivity contribution in [1.82, 2.24) is 5.32 Å². The SMILES string of the molecule is CCC(C)(C)NC(=O)COc1c(C)cc(C#N)cc1C. The van der Waals surface area contributed by atoms with Crippen LogP contribution in [0.15, 0.2) is 12.1 Å². The van der Waals surface area contributed by atoms with E-state index in [1.165, 1.54) is 0 Å². The molecule has 0 heterocycles. The van der Waals surface area contributed by atoms with Crippen molar-refractivity contribution in [3.8, 4) is 11.8 Å². The van der Waals surface area contributed by atoms with Crippen LogP contribution in [0.1, 0.15) is 43.9 Å². The molecule has 4 nitrogen and oxygen atoms in total. The molecule has 1 aromatic rings. The summed E-state index contributed by atoms with van der Waals surface area (Å²) in [5, 5.41) is 11.8. The van der Waals surface area contributed by atoms with E-state index in [2.05, 4.69) is 11.4 Å². The number of aryl methyl sites for hydroxylation is 2. The lowest BCUT2D eigenvalue weighted by Gasteiger charge is -2.24. The molecule has 0 radical (unpaired) electrons. The summed E-state index contributed by atoms with van der Waals surface area (Å²) in [6, 6.07) is 5.62. The molecule has 1 rings (SSSR count). The summed E-state index contributed by atoms with van der Waals surface area (Å²) >= 11 is 0. The van der Waals surface area contributed by atoms with Crippen molar-refractivity contribution < 1.29 is 9.53 Å². The van der Waals surface area contributed by atoms with Crippen molar-refractivity contribution in [2.75, 3.05) is 6.61 Å². The van der Waals surface area contributed by atoms with Crippen molar-refractivity contribution >= 4 is 5.91 Å². The lowest BCUT2D eigenvalue weighted by Crippen LogP contribution is -2.44. The summed E-state index contributed by atoms with van der Waals surface area (Å²) < 4.78 is 5.60. The Morgan fingerprint density at radius 1 is 1.35 bits per heavy atom. The fourth-order valence-corrected chi connectivity index (χ4v) is 1.88. The second-order valence-corrected chi connectivity index (χ2v) is 5.63. The number of ether oxygens (including phenoxy) is 1. The van der Waals surface area contributed by atoms with Gasteiger partial charge in [-0.1, -0.05) is 6.92 Å². The zero-order valence-corrected chi connectivity index (χ0v) is 12.8. The molecule has 0 saturated heterocycles. The van der Waals surface area contributed by atoms with Crippen LogP contribution in [0.3, 0.4) is 0 Å². The first-order valence-electron chi connectivity index (χ1n) is 6.74. The molecule has 0 fully saturated rings. The third-order valence-corrected chi connectivity index (χ3v) is 3.30. The zero-order valence-electron chi connectivity index (χ0n) is 12.8. The molecule has 0 aliphatic carbocycles. The van der Waals surface area contributed by atoms with Gasteiger partial charge in [0.1, 0.15) is 5.75 Å². The monoisotopic (exact) mass is 274 g/mol. The average molecular weight is 274 g/mol. The maximum Gasteiger partial charge on any atom is 0.258 e. The van der Waals surface area contributed by atoms with Gasteiger partial charge >= 0.3 is 0 Å². The minimum atomic E-state index is -0.227. The highest BCUT2D eigenvalue weighted by Crippen LogP contribution is 2.24. The van der Waals surface area contributed by atoms with Gasteiger partial charge in [-0.25, -0.2) is 0 Å². The smallest absolute Gasteiger partial charge is 0.258 e. The Kier molecular flexibility index (Phi) is 5.15. The van der Waals surface area contributed by atoms with E-state index in [-0.39, 0.29) is 18.1 Å². The van der Waals surface area contributed by atoms with E-state index in [0.29, 0.717) is 11.3 Å². The van der Waals surface area contributed by atoms with Crippen molar-refractivity contribution in [2.45, 2.75) is 46.6 Å². The minimum Gasteiger partial charge on any atom is -0.483 e. The largest absolute Gasteiger partial charge is 0.483 e. The molecule has 0 spiro atoms. The maximum absolute atomic E-state index is 11.8. The van der Waals surface area contributed by atoms with Crippen LogP contribution >= 0.6 is 0 Å². The molecule has 1 amide bonds. The van der Waals surface area contributed by atoms with Crippen LogP contribution in [0.25, 0.3) is 0 Å². The standard InChI is InChI=1S/C16H22N2O2/c1-6-16(4,5)18-14(19)10-20-15-11(2)7-13(9-17)8-12(15)3/h7-8H,6,10H2,1-5H3,(H,18,19). The van der Waals surface area contributed by atoms with E-state index in [1.54, 1.807) is 12.1 Å². The van der Waals surface area contributed by atoms with E-state index in [1.807, 2.05) is 34.6 Å². The van der Waals surface area contributed by atoms with Gasteiger partial charge in [-0.3, -0.25) is 4.79 Å². The summed E-state index contributed by atoms with van der Waals surface area (Å²) in [6.45, 7) is 9.70. The Balaban J connectivity index is 2.72. The van der Waals surface area contributed by atoms with Gasteiger partial charge in [-0.2, -0.15) is 5.26 Å². The second-order valence-electron chi connectivity index (χ2n) is 5.63. The van der Waals surface area contributed by atoms with Crippen molar-refractivity contribution in [3.05, 3.63) is 28.8 Å². The molecule has 4 heteroatoms. The fraction of sp³-hybridized carbons (Fsp3) is 0.500. The lowest BCUT2D eigenvalue weighted by molar-refractivity contribution is -0.124. The van der Waals surface area contributed by atoms with E-state index in [9.17, 15) is 4.79 Å². The van der Waals surface area contributed by atoms with Gasteiger partial charge in [-0.15, -0.1) is 0 Å². The molecule has 0 aromatic heterocycles. The molecular formula is C16H22N2O2. The number of rotatable bonds is 5. The highest BCUT2D eigenvalue weighted by molar-refractivity contribution is 5.78. The van der Waals surface area contributed by atoms with Gasteiger partial charge in [-0.05, 0) is 57.4 Å². The van der Waals surface area contributed by atoms with E-state index in [4.69, 9.17) is 10.00 Å².